The molecule has 1 amide bonds. The first-order valence-corrected chi connectivity index (χ1v) is 10.5. The highest BCUT2D eigenvalue weighted by Gasteiger charge is 2.26. The van der Waals surface area contributed by atoms with Crippen LogP contribution in [0.15, 0.2) is 29.2 Å². The summed E-state index contributed by atoms with van der Waals surface area (Å²) in [5.41, 5.74) is 0.943. The van der Waals surface area contributed by atoms with Crippen molar-refractivity contribution in [1.82, 2.24) is 9.62 Å². The highest BCUT2D eigenvalue weighted by molar-refractivity contribution is 7.89. The fraction of sp³-hybridized carbons (Fsp3) is 0.611. The van der Waals surface area contributed by atoms with E-state index in [2.05, 4.69) is 5.32 Å². The van der Waals surface area contributed by atoms with Gasteiger partial charge < -0.3 is 14.8 Å². The number of rotatable bonds is 7. The van der Waals surface area contributed by atoms with E-state index in [1.807, 2.05) is 0 Å². The maximum absolute atomic E-state index is 12.6. The quantitative estimate of drug-likeness (QED) is 0.759. The summed E-state index contributed by atoms with van der Waals surface area (Å²) in [7, 11) is -3.47. The van der Waals surface area contributed by atoms with E-state index in [9.17, 15) is 13.2 Å². The zero-order valence-electron chi connectivity index (χ0n) is 14.9. The van der Waals surface area contributed by atoms with Gasteiger partial charge in [-0.2, -0.15) is 4.31 Å². The lowest BCUT2D eigenvalue weighted by Gasteiger charge is -2.26. The third-order valence-corrected chi connectivity index (χ3v) is 6.64. The molecule has 1 aromatic carbocycles. The number of aryl methyl sites for hydroxylation is 1. The number of morpholine rings is 1. The predicted octanol–water partition coefficient (Wildman–Crippen LogP) is 0.935. The van der Waals surface area contributed by atoms with E-state index in [0.717, 1.165) is 25.0 Å². The second-order valence-electron chi connectivity index (χ2n) is 6.60. The molecule has 8 heteroatoms. The SMILES string of the molecule is O=C(CCc1ccc(S(=O)(=O)N2CCOCC2)cc1)NCC1CCCO1. The molecule has 0 radical (unpaired) electrons. The van der Waals surface area contributed by atoms with E-state index in [0.29, 0.717) is 45.7 Å². The fourth-order valence-electron chi connectivity index (χ4n) is 3.14. The molecular formula is C18H26N2O5S. The molecule has 1 unspecified atom stereocenters. The highest BCUT2D eigenvalue weighted by Crippen LogP contribution is 2.18. The number of nitrogens with one attached hydrogen (secondary N) is 1. The average molecular weight is 382 g/mol. The van der Waals surface area contributed by atoms with Gasteiger partial charge >= 0.3 is 0 Å². The van der Waals surface area contributed by atoms with Crippen LogP contribution in [0.4, 0.5) is 0 Å². The number of benzene rings is 1. The molecule has 0 aromatic heterocycles. The molecule has 0 saturated carbocycles. The Kier molecular flexibility index (Phi) is 6.63. The van der Waals surface area contributed by atoms with Crippen molar-refractivity contribution in [2.45, 2.75) is 36.7 Å². The minimum absolute atomic E-state index is 0.00878. The molecule has 0 bridgehead atoms. The van der Waals surface area contributed by atoms with Crippen LogP contribution in [0.5, 0.6) is 0 Å². The predicted molar refractivity (Wildman–Crippen MR) is 96.3 cm³/mol. The first-order chi connectivity index (χ1) is 12.6. The Bertz CT molecular complexity index is 693. The molecule has 2 saturated heterocycles. The summed E-state index contributed by atoms with van der Waals surface area (Å²) in [5.74, 6) is -0.00878. The molecule has 3 rings (SSSR count). The van der Waals surface area contributed by atoms with Crippen LogP contribution in [-0.4, -0.2) is 64.2 Å². The maximum Gasteiger partial charge on any atom is 0.243 e. The minimum Gasteiger partial charge on any atom is -0.379 e. The van der Waals surface area contributed by atoms with Crippen molar-refractivity contribution in [3.63, 3.8) is 0 Å². The van der Waals surface area contributed by atoms with Crippen LogP contribution in [0, 0.1) is 0 Å². The van der Waals surface area contributed by atoms with E-state index >= 15 is 0 Å². The lowest BCUT2D eigenvalue weighted by Crippen LogP contribution is -2.40. The Morgan fingerprint density at radius 2 is 1.88 bits per heavy atom. The van der Waals surface area contributed by atoms with Crippen molar-refractivity contribution >= 4 is 15.9 Å². The Hall–Kier alpha value is -1.48. The van der Waals surface area contributed by atoms with Gasteiger partial charge in [0.2, 0.25) is 15.9 Å². The van der Waals surface area contributed by atoms with Crippen LogP contribution < -0.4 is 5.32 Å². The van der Waals surface area contributed by atoms with Crippen molar-refractivity contribution in [1.29, 1.82) is 0 Å². The van der Waals surface area contributed by atoms with Crippen LogP contribution in [0.2, 0.25) is 0 Å². The van der Waals surface area contributed by atoms with Crippen molar-refractivity contribution < 1.29 is 22.7 Å². The van der Waals surface area contributed by atoms with E-state index in [1.165, 1.54) is 4.31 Å². The molecule has 2 heterocycles. The Balaban J connectivity index is 1.48. The van der Waals surface area contributed by atoms with E-state index in [4.69, 9.17) is 9.47 Å². The van der Waals surface area contributed by atoms with Crippen molar-refractivity contribution in [3.8, 4) is 0 Å². The molecule has 1 aromatic rings. The van der Waals surface area contributed by atoms with Gasteiger partial charge in [-0.3, -0.25) is 4.79 Å². The molecule has 2 aliphatic rings. The van der Waals surface area contributed by atoms with Gasteiger partial charge in [-0.1, -0.05) is 12.1 Å². The lowest BCUT2D eigenvalue weighted by molar-refractivity contribution is -0.121. The number of hydrogen-bond acceptors (Lipinski definition) is 5. The van der Waals surface area contributed by atoms with Gasteiger partial charge in [0.25, 0.3) is 0 Å². The average Bonchev–Trinajstić information content (AvgIpc) is 3.19. The molecule has 1 atom stereocenters. The zero-order chi connectivity index (χ0) is 18.4. The minimum atomic E-state index is -3.47. The molecule has 2 fully saturated rings. The van der Waals surface area contributed by atoms with Gasteiger partial charge in [0.1, 0.15) is 0 Å². The van der Waals surface area contributed by atoms with Gasteiger partial charge in [0, 0.05) is 32.7 Å². The van der Waals surface area contributed by atoms with Crippen LogP contribution in [0.3, 0.4) is 0 Å². The molecule has 26 heavy (non-hydrogen) atoms. The van der Waals surface area contributed by atoms with Gasteiger partial charge in [-0.15, -0.1) is 0 Å². The van der Waals surface area contributed by atoms with Crippen LogP contribution in [-0.2, 0) is 30.7 Å². The molecule has 0 spiro atoms. The number of hydrogen-bond donors (Lipinski definition) is 1. The monoisotopic (exact) mass is 382 g/mol. The summed E-state index contributed by atoms with van der Waals surface area (Å²) in [6.45, 7) is 2.97. The fourth-order valence-corrected chi connectivity index (χ4v) is 4.55. The van der Waals surface area contributed by atoms with Crippen molar-refractivity contribution in [2.24, 2.45) is 0 Å². The summed E-state index contributed by atoms with van der Waals surface area (Å²) in [6.07, 6.45) is 3.15. The number of carbonyl (C=O) groups is 1. The summed E-state index contributed by atoms with van der Waals surface area (Å²) < 4.78 is 37.3. The normalized spacial score (nSPS) is 21.6. The van der Waals surface area contributed by atoms with Gasteiger partial charge in [0.15, 0.2) is 0 Å². The zero-order valence-corrected chi connectivity index (χ0v) is 15.7. The number of amides is 1. The Morgan fingerprint density at radius 1 is 1.15 bits per heavy atom. The second-order valence-corrected chi connectivity index (χ2v) is 8.54. The van der Waals surface area contributed by atoms with Gasteiger partial charge in [-0.25, -0.2) is 8.42 Å². The number of carbonyl (C=O) groups excluding carboxylic acids is 1. The smallest absolute Gasteiger partial charge is 0.243 e. The molecule has 144 valence electrons. The molecule has 2 aliphatic heterocycles. The number of sulfonamides is 1. The summed E-state index contributed by atoms with van der Waals surface area (Å²) in [4.78, 5) is 12.2. The molecule has 0 aliphatic carbocycles. The van der Waals surface area contributed by atoms with Crippen molar-refractivity contribution in [2.75, 3.05) is 39.5 Å². The second kappa shape index (κ2) is 8.94. The molecule has 7 nitrogen and oxygen atoms in total. The van der Waals surface area contributed by atoms with E-state index in [-0.39, 0.29) is 16.9 Å². The summed E-state index contributed by atoms with van der Waals surface area (Å²) >= 11 is 0. The topological polar surface area (TPSA) is 84.9 Å². The third kappa shape index (κ3) is 5.03. The summed E-state index contributed by atoms with van der Waals surface area (Å²) in [5, 5.41) is 2.90. The Labute approximate surface area is 154 Å². The first kappa shape index (κ1) is 19.3. The van der Waals surface area contributed by atoms with Gasteiger partial charge in [0.05, 0.1) is 24.2 Å². The first-order valence-electron chi connectivity index (χ1n) is 9.11. The largest absolute Gasteiger partial charge is 0.379 e. The van der Waals surface area contributed by atoms with E-state index in [1.54, 1.807) is 24.3 Å². The molecule has 1 N–H and O–H groups in total. The maximum atomic E-state index is 12.6. The highest BCUT2D eigenvalue weighted by atomic mass is 32.2. The number of ether oxygens (including phenoxy) is 2. The van der Waals surface area contributed by atoms with Gasteiger partial charge in [-0.05, 0) is 37.0 Å². The number of nitrogens with zero attached hydrogens (tertiary/aromatic N) is 1. The lowest BCUT2D eigenvalue weighted by atomic mass is 10.1. The summed E-state index contributed by atoms with van der Waals surface area (Å²) in [6, 6.07) is 6.79. The third-order valence-electron chi connectivity index (χ3n) is 4.72. The standard InChI is InChI=1S/C18H26N2O5S/c21-18(19-14-16-2-1-11-25-16)8-5-15-3-6-17(7-4-15)26(22,23)20-9-12-24-13-10-20/h3-4,6-7,16H,1-2,5,8-14H2,(H,19,21). The van der Waals surface area contributed by atoms with Crippen molar-refractivity contribution in [3.05, 3.63) is 29.8 Å². The molecular weight excluding hydrogens is 356 g/mol. The van der Waals surface area contributed by atoms with Crippen LogP contribution in [0.1, 0.15) is 24.8 Å². The Morgan fingerprint density at radius 3 is 2.54 bits per heavy atom. The van der Waals surface area contributed by atoms with E-state index < -0.39 is 10.0 Å². The van der Waals surface area contributed by atoms with Crippen LogP contribution >= 0.6 is 0 Å². The van der Waals surface area contributed by atoms with Crippen LogP contribution in [0.25, 0.3) is 0 Å².